The molecule has 0 amide bonds. The molecule has 3 saturated carbocycles. The lowest BCUT2D eigenvalue weighted by atomic mass is 9.46. The second-order valence-electron chi connectivity index (χ2n) is 9.80. The Morgan fingerprint density at radius 2 is 2.04 bits per heavy atom. The van der Waals surface area contributed by atoms with Gasteiger partial charge in [-0.25, -0.2) is 0 Å². The predicted molar refractivity (Wildman–Crippen MR) is 98.1 cm³/mol. The van der Waals surface area contributed by atoms with Crippen molar-refractivity contribution in [1.82, 2.24) is 0 Å². The first-order valence-electron chi connectivity index (χ1n) is 10.2. The van der Waals surface area contributed by atoms with Gasteiger partial charge in [-0.05, 0) is 80.5 Å². The van der Waals surface area contributed by atoms with Crippen LogP contribution in [0.1, 0.15) is 65.7 Å². The lowest BCUT2D eigenvalue weighted by molar-refractivity contribution is -0.140. The lowest BCUT2D eigenvalue weighted by Crippen LogP contribution is -2.56. The summed E-state index contributed by atoms with van der Waals surface area (Å²) in [5.41, 5.74) is 1.64. The number of ketones is 1. The third kappa shape index (κ3) is 2.41. The van der Waals surface area contributed by atoms with E-state index in [-0.39, 0.29) is 22.9 Å². The molecule has 0 aromatic carbocycles. The molecule has 3 nitrogen and oxygen atoms in total. The van der Waals surface area contributed by atoms with Crippen molar-refractivity contribution in [3.63, 3.8) is 0 Å². The fraction of sp³-hybridized carbons (Fsp3) is 0.864. The quantitative estimate of drug-likeness (QED) is 0.764. The van der Waals surface area contributed by atoms with E-state index in [4.69, 9.17) is 4.74 Å². The van der Waals surface area contributed by atoms with Gasteiger partial charge in [0.25, 0.3) is 0 Å². The van der Waals surface area contributed by atoms with Gasteiger partial charge in [-0.1, -0.05) is 25.5 Å². The molecule has 0 aliphatic heterocycles. The third-order valence-electron chi connectivity index (χ3n) is 8.81. The fourth-order valence-corrected chi connectivity index (χ4v) is 7.63. The molecule has 25 heavy (non-hydrogen) atoms. The number of carbonyl (C=O) groups is 1. The molecule has 4 rings (SSSR count). The van der Waals surface area contributed by atoms with E-state index in [9.17, 15) is 9.90 Å². The van der Waals surface area contributed by atoms with Gasteiger partial charge in [-0.15, -0.1) is 0 Å². The molecule has 7 unspecified atom stereocenters. The highest BCUT2D eigenvalue weighted by molar-refractivity contribution is 5.79. The first kappa shape index (κ1) is 17.7. The summed E-state index contributed by atoms with van der Waals surface area (Å²) < 4.78 is 5.63. The third-order valence-corrected chi connectivity index (χ3v) is 8.81. The second-order valence-corrected chi connectivity index (χ2v) is 9.80. The maximum atomic E-state index is 12.2. The second kappa shape index (κ2) is 5.92. The van der Waals surface area contributed by atoms with Crippen LogP contribution in [0.25, 0.3) is 0 Å². The van der Waals surface area contributed by atoms with Crippen LogP contribution in [-0.4, -0.2) is 30.2 Å². The molecule has 0 spiro atoms. The summed E-state index contributed by atoms with van der Waals surface area (Å²) in [7, 11) is 1.82. The van der Waals surface area contributed by atoms with Crippen molar-refractivity contribution in [1.29, 1.82) is 0 Å². The van der Waals surface area contributed by atoms with Crippen LogP contribution in [-0.2, 0) is 9.53 Å². The highest BCUT2D eigenvalue weighted by Gasteiger charge is 2.62. The van der Waals surface area contributed by atoms with E-state index in [0.29, 0.717) is 29.6 Å². The van der Waals surface area contributed by atoms with Gasteiger partial charge >= 0.3 is 0 Å². The van der Waals surface area contributed by atoms with Crippen LogP contribution in [0.5, 0.6) is 0 Å². The van der Waals surface area contributed by atoms with Crippen LogP contribution in [0.2, 0.25) is 0 Å². The molecule has 3 heteroatoms. The Hall–Kier alpha value is -0.670. The highest BCUT2D eigenvalue weighted by atomic mass is 16.5. The minimum Gasteiger partial charge on any atom is -0.393 e. The van der Waals surface area contributed by atoms with Gasteiger partial charge < -0.3 is 9.84 Å². The van der Waals surface area contributed by atoms with E-state index in [1.54, 1.807) is 6.92 Å². The molecule has 4 aliphatic carbocycles. The molecule has 4 aliphatic rings. The van der Waals surface area contributed by atoms with E-state index < -0.39 is 0 Å². The average molecular weight is 347 g/mol. The lowest BCUT2D eigenvalue weighted by Gasteiger charge is -2.59. The summed E-state index contributed by atoms with van der Waals surface area (Å²) in [6.45, 7) is 6.44. The standard InChI is InChI=1S/C22H34O3/c1-13(23)17-7-8-18-16-6-5-14-11-15(25-4)9-10-21(14,2)20(16)19(24)12-22(17,18)3/h5,15-20,24H,6-12H2,1-4H3/t15?,16?,17?,18?,19-,20?,21?,22?/m0/s1. The minimum atomic E-state index is -0.279. The molecule has 0 heterocycles. The number of fused-ring (bicyclic) bond motifs is 5. The summed E-state index contributed by atoms with van der Waals surface area (Å²) in [5.74, 6) is 1.95. The number of methoxy groups -OCH3 is 1. The molecule has 0 saturated heterocycles. The minimum absolute atomic E-state index is 0.00213. The first-order valence-corrected chi connectivity index (χ1v) is 10.2. The van der Waals surface area contributed by atoms with Crippen LogP contribution in [0.3, 0.4) is 0 Å². The van der Waals surface area contributed by atoms with Gasteiger partial charge in [0, 0.05) is 13.0 Å². The maximum Gasteiger partial charge on any atom is 0.133 e. The number of Topliss-reactive ketones (excluding diaryl/α,β-unsaturated/α-hetero) is 1. The Labute approximate surface area is 152 Å². The van der Waals surface area contributed by atoms with E-state index in [0.717, 1.165) is 44.9 Å². The van der Waals surface area contributed by atoms with Gasteiger partial charge in [0.05, 0.1) is 12.2 Å². The molecule has 0 bridgehead atoms. The topological polar surface area (TPSA) is 46.5 Å². The van der Waals surface area contributed by atoms with E-state index in [2.05, 4.69) is 19.9 Å². The van der Waals surface area contributed by atoms with Gasteiger partial charge in [-0.2, -0.15) is 0 Å². The van der Waals surface area contributed by atoms with Crippen molar-refractivity contribution in [3.05, 3.63) is 11.6 Å². The Balaban J connectivity index is 1.69. The number of allylic oxidation sites excluding steroid dienone is 1. The SMILES string of the molecule is COC1CCC2(C)C(=CCC3C2[C@@H](O)CC2(C)C(C(C)=O)CCC32)C1. The summed E-state index contributed by atoms with van der Waals surface area (Å²) >= 11 is 0. The van der Waals surface area contributed by atoms with Crippen LogP contribution in [0.15, 0.2) is 11.6 Å². The van der Waals surface area contributed by atoms with Gasteiger partial charge in [0.2, 0.25) is 0 Å². The Kier molecular flexibility index (Phi) is 4.20. The maximum absolute atomic E-state index is 12.2. The van der Waals surface area contributed by atoms with Crippen molar-refractivity contribution in [3.8, 4) is 0 Å². The van der Waals surface area contributed by atoms with E-state index >= 15 is 0 Å². The van der Waals surface area contributed by atoms with Gasteiger partial charge in [0.15, 0.2) is 0 Å². The molecule has 140 valence electrons. The predicted octanol–water partition coefficient (Wildman–Crippen LogP) is 4.14. The number of hydrogen-bond acceptors (Lipinski definition) is 3. The zero-order valence-electron chi connectivity index (χ0n) is 16.3. The monoisotopic (exact) mass is 346 g/mol. The molecule has 0 aromatic heterocycles. The Morgan fingerprint density at radius 1 is 1.28 bits per heavy atom. The zero-order chi connectivity index (χ0) is 18.0. The molecular weight excluding hydrogens is 312 g/mol. The number of hydrogen-bond donors (Lipinski definition) is 1. The van der Waals surface area contributed by atoms with E-state index in [1.807, 2.05) is 7.11 Å². The van der Waals surface area contributed by atoms with Crippen LogP contribution < -0.4 is 0 Å². The number of rotatable bonds is 2. The molecule has 0 aromatic rings. The number of aliphatic hydroxyl groups excluding tert-OH is 1. The zero-order valence-corrected chi connectivity index (χ0v) is 16.3. The molecule has 8 atom stereocenters. The fourth-order valence-electron chi connectivity index (χ4n) is 7.63. The Bertz CT molecular complexity index is 596. The number of ether oxygens (including phenoxy) is 1. The average Bonchev–Trinajstić information content (AvgIpc) is 2.90. The van der Waals surface area contributed by atoms with Crippen molar-refractivity contribution >= 4 is 5.78 Å². The van der Waals surface area contributed by atoms with Gasteiger partial charge in [0.1, 0.15) is 5.78 Å². The van der Waals surface area contributed by atoms with Gasteiger partial charge in [-0.3, -0.25) is 4.79 Å². The molecule has 0 radical (unpaired) electrons. The summed E-state index contributed by atoms with van der Waals surface area (Å²) in [4.78, 5) is 12.2. The highest BCUT2D eigenvalue weighted by Crippen LogP contribution is 2.66. The van der Waals surface area contributed by atoms with Crippen molar-refractivity contribution in [2.45, 2.75) is 77.9 Å². The Morgan fingerprint density at radius 3 is 2.72 bits per heavy atom. The normalized spacial score (nSPS) is 52.0. The molecular formula is C22H34O3. The van der Waals surface area contributed by atoms with Crippen molar-refractivity contribution < 1.29 is 14.6 Å². The number of carbonyl (C=O) groups excluding carboxylic acids is 1. The van der Waals surface area contributed by atoms with Crippen LogP contribution in [0, 0.1) is 34.5 Å². The van der Waals surface area contributed by atoms with Crippen LogP contribution in [0.4, 0.5) is 0 Å². The van der Waals surface area contributed by atoms with Crippen molar-refractivity contribution in [2.24, 2.45) is 34.5 Å². The molecule has 3 fully saturated rings. The molecule has 1 N–H and O–H groups in total. The van der Waals surface area contributed by atoms with Crippen LogP contribution >= 0.6 is 0 Å². The first-order chi connectivity index (χ1) is 11.8. The van der Waals surface area contributed by atoms with Crippen molar-refractivity contribution in [2.75, 3.05) is 7.11 Å². The largest absolute Gasteiger partial charge is 0.393 e. The number of aliphatic hydroxyl groups is 1. The van der Waals surface area contributed by atoms with E-state index in [1.165, 1.54) is 5.57 Å². The summed E-state index contributed by atoms with van der Waals surface area (Å²) in [5, 5.41) is 11.3. The smallest absolute Gasteiger partial charge is 0.133 e. The summed E-state index contributed by atoms with van der Waals surface area (Å²) in [6, 6.07) is 0. The summed E-state index contributed by atoms with van der Waals surface area (Å²) in [6.07, 6.45) is 9.85.